The van der Waals surface area contributed by atoms with Gasteiger partial charge in [-0.15, -0.1) is 10.2 Å². The van der Waals surface area contributed by atoms with E-state index in [9.17, 15) is 79.0 Å². The maximum Gasteiger partial charge on any atom is 0.332 e. The Balaban J connectivity index is 0.918. The SMILES string of the molecule is CCC[C@H](OC1C(NC(C)=O)[C@H](O[C@@H]2CC(C(=O)NCCNC(=O)C3CC(n4cc(-c5cccc(F)c5)nn4)C(O)[C@H](O[C@@H]4OC(CO)[C@H](O)C(n5cc(-c6cccc(F)c6)nn5)C4O)C3)CC(CC)C2O[C@@H]2OC(C)[C@@H](O)C(O)C2O)OC(CO)[C@@H]1O)C(=O)O. The Morgan fingerprint density at radius 3 is 1.80 bits per heavy atom. The molecule has 5 fully saturated rings. The quantitative estimate of drug-likeness (QED) is 0.0350. The highest BCUT2D eigenvalue weighted by Crippen LogP contribution is 2.42. The maximum atomic E-state index is 14.4. The molecule has 15 unspecified atom stereocenters. The summed E-state index contributed by atoms with van der Waals surface area (Å²) in [7, 11) is 0. The van der Waals surface area contributed by atoms with Gasteiger partial charge in [-0.2, -0.15) is 0 Å². The number of nitrogens with zero attached hydrogens (tertiary/aromatic N) is 6. The van der Waals surface area contributed by atoms with Crippen molar-refractivity contribution in [1.29, 1.82) is 0 Å². The molecule has 2 aromatic carbocycles. The van der Waals surface area contributed by atoms with Crippen LogP contribution in [0.5, 0.6) is 0 Å². The Kier molecular flexibility index (Phi) is 23.3. The number of aromatic nitrogens is 6. The number of ether oxygens (including phenoxy) is 7. The van der Waals surface area contributed by atoms with Gasteiger partial charge in [-0.05, 0) is 69.2 Å². The molecule has 0 radical (unpaired) electrons. The van der Waals surface area contributed by atoms with Crippen LogP contribution in [0.15, 0.2) is 60.9 Å². The summed E-state index contributed by atoms with van der Waals surface area (Å²) in [6, 6.07) is 7.17. The molecule has 5 heterocycles. The van der Waals surface area contributed by atoms with Crippen LogP contribution in [0.3, 0.4) is 0 Å². The number of benzene rings is 2. The fourth-order valence-corrected chi connectivity index (χ4v) is 12.7. The summed E-state index contributed by atoms with van der Waals surface area (Å²) < 4.78 is 74.1. The van der Waals surface area contributed by atoms with E-state index < -0.39 is 195 Å². The van der Waals surface area contributed by atoms with Crippen LogP contribution in [-0.4, -0.2) is 248 Å². The number of carboxylic acid groups (broad SMARTS) is 1. The molecule has 3 saturated heterocycles. The first-order chi connectivity index (χ1) is 43.5. The van der Waals surface area contributed by atoms with Crippen molar-refractivity contribution in [1.82, 2.24) is 45.9 Å². The molecule has 2 saturated carbocycles. The van der Waals surface area contributed by atoms with E-state index in [-0.39, 0.29) is 56.6 Å². The third kappa shape index (κ3) is 15.9. The van der Waals surface area contributed by atoms with E-state index in [1.165, 1.54) is 60.4 Å². The van der Waals surface area contributed by atoms with Gasteiger partial charge in [0.05, 0.1) is 56.1 Å². The average molecular weight is 1290 g/mol. The zero-order valence-corrected chi connectivity index (χ0v) is 50.3. The van der Waals surface area contributed by atoms with Gasteiger partial charge in [0.15, 0.2) is 25.0 Å². The van der Waals surface area contributed by atoms with Gasteiger partial charge in [0.1, 0.15) is 96.1 Å². The van der Waals surface area contributed by atoms with E-state index in [1.807, 2.05) is 0 Å². The molecule has 9 rings (SSSR count). The van der Waals surface area contributed by atoms with Crippen molar-refractivity contribution in [2.75, 3.05) is 26.3 Å². The minimum Gasteiger partial charge on any atom is -0.479 e. The fourth-order valence-electron chi connectivity index (χ4n) is 12.7. The monoisotopic (exact) mass is 1290 g/mol. The number of carbonyl (C=O) groups is 4. The first kappa shape index (κ1) is 69.2. The van der Waals surface area contributed by atoms with Crippen LogP contribution in [0.25, 0.3) is 22.5 Å². The number of nitrogens with one attached hydrogen (secondary N) is 3. The van der Waals surface area contributed by atoms with Gasteiger partial charge in [-0.1, -0.05) is 61.4 Å². The maximum absolute atomic E-state index is 14.4. The van der Waals surface area contributed by atoms with Crippen molar-refractivity contribution in [3.63, 3.8) is 0 Å². The van der Waals surface area contributed by atoms with Crippen molar-refractivity contribution in [2.45, 2.75) is 201 Å². The summed E-state index contributed by atoms with van der Waals surface area (Å²) in [5.74, 6) is -6.67. The Bertz CT molecular complexity index is 3080. The Hall–Kier alpha value is -6.18. The summed E-state index contributed by atoms with van der Waals surface area (Å²) in [5, 5.41) is 135. The Morgan fingerprint density at radius 1 is 0.659 bits per heavy atom. The predicted octanol–water partition coefficient (Wildman–Crippen LogP) is -1.65. The molecular weight excluding hydrogens is 1210 g/mol. The summed E-state index contributed by atoms with van der Waals surface area (Å²) in [6.07, 6.45) is -23.7. The van der Waals surface area contributed by atoms with Gasteiger partial charge in [0.2, 0.25) is 17.7 Å². The first-order valence-corrected chi connectivity index (χ1v) is 30.5. The van der Waals surface area contributed by atoms with Gasteiger partial charge in [-0.3, -0.25) is 14.4 Å². The predicted molar refractivity (Wildman–Crippen MR) is 305 cm³/mol. The molecule has 5 aliphatic rings. The highest BCUT2D eigenvalue weighted by molar-refractivity contribution is 5.80. The molecule has 32 heteroatoms. The molecule has 0 spiro atoms. The number of aliphatic hydroxyl groups is 9. The van der Waals surface area contributed by atoms with Crippen LogP contribution in [0, 0.1) is 29.4 Å². The molecule has 2 aliphatic carbocycles. The van der Waals surface area contributed by atoms with Crippen molar-refractivity contribution in [2.24, 2.45) is 17.8 Å². The molecule has 502 valence electrons. The molecule has 91 heavy (non-hydrogen) atoms. The van der Waals surface area contributed by atoms with Gasteiger partial charge in [0.25, 0.3) is 0 Å². The number of halogens is 2. The molecule has 3 amide bonds. The topological polar surface area (TPSA) is 433 Å². The molecule has 3 aliphatic heterocycles. The Labute approximate surface area is 520 Å². The van der Waals surface area contributed by atoms with Crippen molar-refractivity contribution in [3.05, 3.63) is 72.6 Å². The Morgan fingerprint density at radius 2 is 1.22 bits per heavy atom. The number of amides is 3. The molecule has 13 N–H and O–H groups in total. The second-order valence-electron chi connectivity index (χ2n) is 23.8. The summed E-state index contributed by atoms with van der Waals surface area (Å²) in [4.78, 5) is 53.9. The number of aliphatic hydroxyl groups excluding tert-OH is 9. The number of carboxylic acids is 1. The van der Waals surface area contributed by atoms with Crippen LogP contribution in [0.2, 0.25) is 0 Å². The second-order valence-corrected chi connectivity index (χ2v) is 23.8. The summed E-state index contributed by atoms with van der Waals surface area (Å²) in [6.45, 7) is 4.25. The van der Waals surface area contributed by atoms with Crippen molar-refractivity contribution < 1.29 is 112 Å². The molecular formula is C59H81F2N9O21. The third-order valence-electron chi connectivity index (χ3n) is 17.6. The largest absolute Gasteiger partial charge is 0.479 e. The van der Waals surface area contributed by atoms with Gasteiger partial charge < -0.3 is 100 Å². The summed E-state index contributed by atoms with van der Waals surface area (Å²) in [5.41, 5.74) is 1.11. The number of aliphatic carboxylic acids is 1. The minimum atomic E-state index is -1.76. The minimum absolute atomic E-state index is 0.00672. The van der Waals surface area contributed by atoms with E-state index >= 15 is 0 Å². The highest BCUT2D eigenvalue weighted by atomic mass is 19.1. The van der Waals surface area contributed by atoms with E-state index in [4.69, 9.17) is 33.2 Å². The lowest BCUT2D eigenvalue weighted by Crippen LogP contribution is -2.67. The van der Waals surface area contributed by atoms with Gasteiger partial charge >= 0.3 is 5.97 Å². The normalized spacial score (nSPS) is 35.7. The van der Waals surface area contributed by atoms with E-state index in [1.54, 1.807) is 26.0 Å². The zero-order valence-electron chi connectivity index (χ0n) is 50.3. The standard InChI is InChI=1S/C59H81F2N9O21/c1-5-9-38(56(83)84)86-53-43(64-27(4)73)57(89-42(25-72)48(53)77)88-40-21-31(16-28(6-2)52(40)91-59-51(80)50(79)45(74)26(3)85-59)54(81)62-14-15-63-55(82)32-19-37(69-22-35(65-67-69)29-10-7-12-33(60)17-29)46(75)39(20-32)87-58-49(78)44(47(76)41(24-71)90-58)70-23-36(66-68-70)30-11-8-13-34(61)18-30/h7-8,10-13,17-18,22-23,26,28,31-32,37-53,57-59,71-72,74-80H,5-6,9,14-16,19-21,24-25H2,1-4H3,(H,62,81)(H,63,82)(H,64,73)(H,83,84)/t26?,28?,31?,32?,37?,38-,39+,40+,41?,42?,43?,44?,45+,46?,47-,48-,49?,50?,51?,52?,53?,57+,58+,59-/m0/s1. The number of carbonyl (C=O) groups excluding carboxylic acids is 3. The number of hydrogen-bond donors (Lipinski definition) is 13. The van der Waals surface area contributed by atoms with Crippen LogP contribution in [-0.2, 0) is 52.3 Å². The smallest absolute Gasteiger partial charge is 0.332 e. The molecule has 4 aromatic rings. The molecule has 2 aromatic heterocycles. The fraction of sp³-hybridized carbons (Fsp3) is 0.661. The van der Waals surface area contributed by atoms with Crippen molar-refractivity contribution in [3.8, 4) is 22.5 Å². The zero-order chi connectivity index (χ0) is 65.5. The lowest BCUT2D eigenvalue weighted by Gasteiger charge is -2.49. The van der Waals surface area contributed by atoms with Gasteiger partial charge in [0, 0.05) is 43.0 Å². The van der Waals surface area contributed by atoms with Crippen LogP contribution in [0.1, 0.15) is 84.7 Å². The third-order valence-corrected chi connectivity index (χ3v) is 17.6. The number of rotatable bonds is 24. The lowest BCUT2D eigenvalue weighted by molar-refractivity contribution is -0.338. The first-order valence-electron chi connectivity index (χ1n) is 30.5. The average Bonchev–Trinajstić information content (AvgIpc) is 1.93. The van der Waals surface area contributed by atoms with Crippen LogP contribution < -0.4 is 16.0 Å². The van der Waals surface area contributed by atoms with E-state index in [0.29, 0.717) is 24.0 Å². The highest BCUT2D eigenvalue weighted by Gasteiger charge is 2.54. The van der Waals surface area contributed by atoms with E-state index in [0.717, 1.165) is 11.6 Å². The molecule has 30 nitrogen and oxygen atoms in total. The van der Waals surface area contributed by atoms with E-state index in [2.05, 4.69) is 36.6 Å². The van der Waals surface area contributed by atoms with Crippen LogP contribution >= 0.6 is 0 Å². The lowest BCUT2D eigenvalue weighted by atomic mass is 9.75. The van der Waals surface area contributed by atoms with Crippen molar-refractivity contribution >= 4 is 23.7 Å². The van der Waals surface area contributed by atoms with Crippen LogP contribution in [0.4, 0.5) is 8.78 Å². The number of hydrogen-bond acceptors (Lipinski definition) is 24. The summed E-state index contributed by atoms with van der Waals surface area (Å²) >= 11 is 0. The van der Waals surface area contributed by atoms with Gasteiger partial charge in [-0.25, -0.2) is 22.9 Å². The second kappa shape index (κ2) is 30.7. The molecule has 24 atom stereocenters. The molecule has 0 bridgehead atoms.